The summed E-state index contributed by atoms with van der Waals surface area (Å²) in [4.78, 5) is 23.2. The molecule has 8 aromatic carbocycles. The van der Waals surface area contributed by atoms with Crippen LogP contribution in [0.5, 0.6) is 0 Å². The second-order valence-electron chi connectivity index (χ2n) is 15.8. The number of hydrogen-bond acceptors (Lipinski definition) is 5. The second-order valence-corrected chi connectivity index (χ2v) is 15.8. The largest absolute Gasteiger partial charge is 0.311 e. The molecule has 0 saturated heterocycles. The van der Waals surface area contributed by atoms with Gasteiger partial charge in [0, 0.05) is 39.3 Å². The number of fused-ring (bicyclic) bond motifs is 2. The van der Waals surface area contributed by atoms with E-state index in [9.17, 15) is 0 Å². The molecule has 0 radical (unpaired) electrons. The number of rotatable bonds is 8. The van der Waals surface area contributed by atoms with Crippen LogP contribution in [0.15, 0.2) is 188 Å². The van der Waals surface area contributed by atoms with Gasteiger partial charge in [0.2, 0.25) is 0 Å². The molecule has 0 spiro atoms. The molecule has 5 heteroatoms. The number of aromatic nitrogens is 4. The highest BCUT2D eigenvalue weighted by Crippen LogP contribution is 2.40. The molecule has 0 aliphatic rings. The molecule has 0 aliphatic heterocycles. The molecule has 0 bridgehead atoms. The zero-order valence-electron chi connectivity index (χ0n) is 34.6. The Kier molecular flexibility index (Phi) is 9.70. The molecule has 2 heterocycles. The van der Waals surface area contributed by atoms with Crippen LogP contribution in [0.25, 0.3) is 78.2 Å². The first-order valence-electron chi connectivity index (χ1n) is 20.7. The van der Waals surface area contributed by atoms with Crippen molar-refractivity contribution in [3.05, 3.63) is 210 Å². The number of aryl methyl sites for hydroxylation is 4. The minimum Gasteiger partial charge on any atom is -0.311 e. The lowest BCUT2D eigenvalue weighted by Gasteiger charge is -2.26. The smallest absolute Gasteiger partial charge is 0.0973 e. The van der Waals surface area contributed by atoms with E-state index in [1.165, 1.54) is 27.8 Å². The highest BCUT2D eigenvalue weighted by atomic mass is 15.1. The highest BCUT2D eigenvalue weighted by Gasteiger charge is 2.19. The maximum Gasteiger partial charge on any atom is 0.0973 e. The molecule has 0 N–H and O–H groups in total. The summed E-state index contributed by atoms with van der Waals surface area (Å²) in [6.45, 7) is 8.51. The van der Waals surface area contributed by atoms with Crippen molar-refractivity contribution in [1.82, 2.24) is 19.9 Å². The molecular weight excluding hydrogens is 743 g/mol. The van der Waals surface area contributed by atoms with Gasteiger partial charge in [-0.15, -0.1) is 0 Å². The maximum absolute atomic E-state index is 5.26. The normalized spacial score (nSPS) is 11.3. The van der Waals surface area contributed by atoms with Gasteiger partial charge in [0.15, 0.2) is 0 Å². The van der Waals surface area contributed by atoms with Crippen molar-refractivity contribution in [2.24, 2.45) is 0 Å². The lowest BCUT2D eigenvalue weighted by atomic mass is 10.0. The van der Waals surface area contributed by atoms with E-state index < -0.39 is 0 Å². The third-order valence-corrected chi connectivity index (χ3v) is 11.7. The Bertz CT molecular complexity index is 3000. The summed E-state index contributed by atoms with van der Waals surface area (Å²) in [5.41, 5.74) is 21.3. The van der Waals surface area contributed by atoms with Crippen LogP contribution < -0.4 is 4.90 Å². The number of benzene rings is 8. The van der Waals surface area contributed by atoms with Crippen LogP contribution in [0, 0.1) is 27.7 Å². The van der Waals surface area contributed by atoms with E-state index in [1.54, 1.807) is 0 Å². The average Bonchev–Trinajstić information content (AvgIpc) is 3.31. The Hall–Kier alpha value is -7.76. The fraction of sp³-hybridized carbons (Fsp3) is 0.0714. The van der Waals surface area contributed by atoms with Gasteiger partial charge in [-0.3, -0.25) is 0 Å². The molecule has 0 aliphatic carbocycles. The predicted molar refractivity (Wildman–Crippen MR) is 253 cm³/mol. The number of anilines is 3. The lowest BCUT2D eigenvalue weighted by molar-refractivity contribution is 1.25. The van der Waals surface area contributed by atoms with Crippen molar-refractivity contribution in [2.75, 3.05) is 4.90 Å². The van der Waals surface area contributed by atoms with E-state index in [1.807, 2.05) is 12.1 Å². The molecule has 10 rings (SSSR count). The van der Waals surface area contributed by atoms with Gasteiger partial charge >= 0.3 is 0 Å². The van der Waals surface area contributed by atoms with Crippen LogP contribution in [-0.2, 0) is 0 Å². The van der Waals surface area contributed by atoms with Gasteiger partial charge in [-0.05, 0) is 122 Å². The number of hydrogen-bond donors (Lipinski definition) is 0. The van der Waals surface area contributed by atoms with E-state index in [2.05, 4.69) is 209 Å². The minimum absolute atomic E-state index is 0.854. The monoisotopic (exact) mass is 785 g/mol. The van der Waals surface area contributed by atoms with Crippen LogP contribution >= 0.6 is 0 Å². The zero-order valence-corrected chi connectivity index (χ0v) is 34.6. The summed E-state index contributed by atoms with van der Waals surface area (Å²) < 4.78 is 0. The molecule has 0 atom stereocenters. The van der Waals surface area contributed by atoms with Gasteiger partial charge in [-0.2, -0.15) is 0 Å². The van der Waals surface area contributed by atoms with Gasteiger partial charge in [0.05, 0.1) is 44.8 Å². The average molecular weight is 786 g/mol. The van der Waals surface area contributed by atoms with Gasteiger partial charge in [-0.1, -0.05) is 127 Å². The summed E-state index contributed by atoms with van der Waals surface area (Å²) >= 11 is 0. The van der Waals surface area contributed by atoms with E-state index in [0.717, 1.165) is 89.7 Å². The van der Waals surface area contributed by atoms with E-state index in [-0.39, 0.29) is 0 Å². The molecule has 0 unspecified atom stereocenters. The van der Waals surface area contributed by atoms with Gasteiger partial charge in [0.1, 0.15) is 0 Å². The van der Waals surface area contributed by atoms with Crippen molar-refractivity contribution in [1.29, 1.82) is 0 Å². The van der Waals surface area contributed by atoms with Crippen LogP contribution in [0.3, 0.4) is 0 Å². The maximum atomic E-state index is 5.26. The van der Waals surface area contributed by atoms with Crippen LogP contribution in [0.1, 0.15) is 22.3 Å². The van der Waals surface area contributed by atoms with Gasteiger partial charge in [0.25, 0.3) is 0 Å². The molecular formula is C56H43N5. The molecule has 0 saturated carbocycles. The summed E-state index contributed by atoms with van der Waals surface area (Å²) in [7, 11) is 0. The third-order valence-electron chi connectivity index (χ3n) is 11.7. The molecule has 5 nitrogen and oxygen atoms in total. The topological polar surface area (TPSA) is 54.8 Å². The summed E-state index contributed by atoms with van der Waals surface area (Å²) in [5.74, 6) is 0. The molecule has 292 valence electrons. The molecule has 0 amide bonds. The Morgan fingerprint density at radius 1 is 0.262 bits per heavy atom. The molecule has 10 aromatic rings. The Labute approximate surface area is 356 Å². The molecule has 0 fully saturated rings. The SMILES string of the molecule is Cc1cc2nc(-c3ccccc3)c(-c3ccc(N(c4ccc(-c5ccccc5)cc4)c4ccc(-c5nc6cc(C)c(C)cc6nc5-c5ccccc5)cc4)cc3)nc2cc1C. The first-order chi connectivity index (χ1) is 29.9. The fourth-order valence-corrected chi connectivity index (χ4v) is 8.04. The van der Waals surface area contributed by atoms with Crippen molar-refractivity contribution in [3.8, 4) is 56.2 Å². The summed E-state index contributed by atoms with van der Waals surface area (Å²) in [5, 5.41) is 0. The summed E-state index contributed by atoms with van der Waals surface area (Å²) in [6.07, 6.45) is 0. The van der Waals surface area contributed by atoms with Crippen LogP contribution in [-0.4, -0.2) is 19.9 Å². The van der Waals surface area contributed by atoms with E-state index in [0.29, 0.717) is 0 Å². The number of nitrogens with zero attached hydrogens (tertiary/aromatic N) is 5. The summed E-state index contributed by atoms with van der Waals surface area (Å²) in [6, 6.07) is 65.9. The molecule has 61 heavy (non-hydrogen) atoms. The quantitative estimate of drug-likeness (QED) is 0.154. The third kappa shape index (κ3) is 7.32. The van der Waals surface area contributed by atoms with Crippen molar-refractivity contribution in [3.63, 3.8) is 0 Å². The standard InChI is InChI=1S/C56H43N5/c1-36-32-49-51(34-38(36)3)59-55(53(57-49)42-16-10-6-11-17-42)44-22-28-47(29-23-44)61(46-26-20-41(21-27-46)40-14-8-5-9-15-40)48-30-24-45(25-31-48)56-54(43-18-12-7-13-19-43)58-50-33-37(2)39(4)35-52(50)60-56/h5-35H,1-4H3. The first-order valence-corrected chi connectivity index (χ1v) is 20.7. The Morgan fingerprint density at radius 2 is 0.492 bits per heavy atom. The van der Waals surface area contributed by atoms with Crippen molar-refractivity contribution >= 4 is 39.1 Å². The van der Waals surface area contributed by atoms with Gasteiger partial charge in [-0.25, -0.2) is 19.9 Å². The zero-order chi connectivity index (χ0) is 41.5. The lowest BCUT2D eigenvalue weighted by Crippen LogP contribution is -2.10. The van der Waals surface area contributed by atoms with E-state index in [4.69, 9.17) is 19.9 Å². The fourth-order valence-electron chi connectivity index (χ4n) is 8.04. The first kappa shape index (κ1) is 37.5. The predicted octanol–water partition coefficient (Wildman–Crippen LogP) is 14.6. The highest BCUT2D eigenvalue weighted by molar-refractivity contribution is 5.90. The second kappa shape index (κ2) is 15.8. The van der Waals surface area contributed by atoms with Crippen molar-refractivity contribution in [2.45, 2.75) is 27.7 Å². The minimum atomic E-state index is 0.854. The van der Waals surface area contributed by atoms with Crippen molar-refractivity contribution < 1.29 is 0 Å². The van der Waals surface area contributed by atoms with E-state index >= 15 is 0 Å². The van der Waals surface area contributed by atoms with Crippen LogP contribution in [0.2, 0.25) is 0 Å². The molecule has 2 aromatic heterocycles. The Morgan fingerprint density at radius 3 is 0.787 bits per heavy atom. The van der Waals surface area contributed by atoms with Crippen LogP contribution in [0.4, 0.5) is 17.1 Å². The Balaban J connectivity index is 1.08. The van der Waals surface area contributed by atoms with Gasteiger partial charge < -0.3 is 4.90 Å².